The Morgan fingerprint density at radius 2 is 2.45 bits per heavy atom. The first-order chi connectivity index (χ1) is 10.7. The molecule has 116 valence electrons. The summed E-state index contributed by atoms with van der Waals surface area (Å²) in [6, 6.07) is 7.62. The van der Waals surface area contributed by atoms with Crippen LogP contribution in [0.4, 0.5) is 5.69 Å². The molecule has 3 rings (SSSR count). The minimum atomic E-state index is -0.0890. The van der Waals surface area contributed by atoms with E-state index in [4.69, 9.17) is 4.74 Å². The van der Waals surface area contributed by atoms with Gasteiger partial charge in [0.1, 0.15) is 6.33 Å². The quantitative estimate of drug-likeness (QED) is 0.858. The van der Waals surface area contributed by atoms with Crippen LogP contribution in [0.5, 0.6) is 0 Å². The maximum absolute atomic E-state index is 11.2. The molecule has 1 saturated heterocycles. The van der Waals surface area contributed by atoms with Crippen molar-refractivity contribution in [1.29, 1.82) is 0 Å². The second-order valence-electron chi connectivity index (χ2n) is 5.16. The minimum absolute atomic E-state index is 0.0890. The lowest BCUT2D eigenvalue weighted by Gasteiger charge is -2.10. The minimum Gasteiger partial charge on any atom is -0.377 e. The van der Waals surface area contributed by atoms with Crippen LogP contribution in [0.15, 0.2) is 35.7 Å². The third kappa shape index (κ3) is 3.66. The van der Waals surface area contributed by atoms with Gasteiger partial charge in [-0.1, -0.05) is 17.8 Å². The normalized spacial score (nSPS) is 17.6. The van der Waals surface area contributed by atoms with Gasteiger partial charge in [0.25, 0.3) is 0 Å². The molecule has 6 nitrogen and oxygen atoms in total. The Bertz CT molecular complexity index is 652. The van der Waals surface area contributed by atoms with Crippen molar-refractivity contribution in [3.63, 3.8) is 0 Å². The second kappa shape index (κ2) is 6.93. The summed E-state index contributed by atoms with van der Waals surface area (Å²) in [5.41, 5.74) is 1.68. The molecular weight excluding hydrogens is 300 g/mol. The topological polar surface area (TPSA) is 69.0 Å². The molecule has 1 aliphatic rings. The number of nitrogens with zero attached hydrogens (tertiary/aromatic N) is 3. The molecule has 1 unspecified atom stereocenters. The number of thioether (sulfide) groups is 1. The zero-order valence-electron chi connectivity index (χ0n) is 12.4. The Hall–Kier alpha value is -1.86. The first-order valence-electron chi connectivity index (χ1n) is 7.25. The molecule has 1 amide bonds. The SMILES string of the molecule is CC(=O)Nc1cccc(-n2cnnc2SCC2CCCO2)c1. The van der Waals surface area contributed by atoms with E-state index in [1.807, 2.05) is 28.8 Å². The molecule has 1 atom stereocenters. The van der Waals surface area contributed by atoms with Crippen LogP contribution in [0.3, 0.4) is 0 Å². The molecule has 7 heteroatoms. The van der Waals surface area contributed by atoms with Crippen LogP contribution in [-0.2, 0) is 9.53 Å². The van der Waals surface area contributed by atoms with E-state index in [0.717, 1.165) is 41.7 Å². The van der Waals surface area contributed by atoms with Crippen LogP contribution in [0.25, 0.3) is 5.69 Å². The van der Waals surface area contributed by atoms with Crippen LogP contribution in [0, 0.1) is 0 Å². The Morgan fingerprint density at radius 1 is 1.55 bits per heavy atom. The van der Waals surface area contributed by atoms with Crippen molar-refractivity contribution in [3.05, 3.63) is 30.6 Å². The van der Waals surface area contributed by atoms with Gasteiger partial charge in [0.2, 0.25) is 5.91 Å². The third-order valence-electron chi connectivity index (χ3n) is 3.38. The summed E-state index contributed by atoms with van der Waals surface area (Å²) in [7, 11) is 0. The van der Waals surface area contributed by atoms with Gasteiger partial charge in [0, 0.05) is 25.0 Å². The Kier molecular flexibility index (Phi) is 4.74. The number of ether oxygens (including phenoxy) is 1. The van der Waals surface area contributed by atoms with E-state index in [9.17, 15) is 4.79 Å². The van der Waals surface area contributed by atoms with Crippen LogP contribution in [-0.4, -0.2) is 39.1 Å². The number of nitrogens with one attached hydrogen (secondary N) is 1. The molecule has 0 aliphatic carbocycles. The van der Waals surface area contributed by atoms with E-state index in [2.05, 4.69) is 15.5 Å². The van der Waals surface area contributed by atoms with Crippen molar-refractivity contribution in [1.82, 2.24) is 14.8 Å². The highest BCUT2D eigenvalue weighted by Gasteiger charge is 2.17. The fraction of sp³-hybridized carbons (Fsp3) is 0.400. The number of hydrogen-bond acceptors (Lipinski definition) is 5. The van der Waals surface area contributed by atoms with Gasteiger partial charge in [0.15, 0.2) is 5.16 Å². The van der Waals surface area contributed by atoms with Gasteiger partial charge in [-0.2, -0.15) is 0 Å². The second-order valence-corrected chi connectivity index (χ2v) is 6.15. The molecule has 0 bridgehead atoms. The van der Waals surface area contributed by atoms with Crippen molar-refractivity contribution in [2.24, 2.45) is 0 Å². The van der Waals surface area contributed by atoms with Crippen molar-refractivity contribution in [2.75, 3.05) is 17.7 Å². The first kappa shape index (κ1) is 15.1. The van der Waals surface area contributed by atoms with Gasteiger partial charge >= 0.3 is 0 Å². The van der Waals surface area contributed by atoms with Crippen LogP contribution in [0.2, 0.25) is 0 Å². The Morgan fingerprint density at radius 3 is 3.23 bits per heavy atom. The Labute approximate surface area is 133 Å². The molecule has 22 heavy (non-hydrogen) atoms. The van der Waals surface area contributed by atoms with Gasteiger partial charge in [-0.3, -0.25) is 9.36 Å². The lowest BCUT2D eigenvalue weighted by atomic mass is 10.2. The maximum Gasteiger partial charge on any atom is 0.221 e. The summed E-state index contributed by atoms with van der Waals surface area (Å²) in [6.45, 7) is 2.35. The number of amides is 1. The largest absolute Gasteiger partial charge is 0.377 e. The molecule has 2 heterocycles. The van der Waals surface area contributed by atoms with E-state index in [1.54, 1.807) is 18.1 Å². The van der Waals surface area contributed by atoms with E-state index >= 15 is 0 Å². The highest BCUT2D eigenvalue weighted by Crippen LogP contribution is 2.25. The fourth-order valence-electron chi connectivity index (χ4n) is 2.38. The summed E-state index contributed by atoms with van der Waals surface area (Å²) in [5, 5.41) is 11.8. The first-order valence-corrected chi connectivity index (χ1v) is 8.23. The lowest BCUT2D eigenvalue weighted by Crippen LogP contribution is -2.09. The summed E-state index contributed by atoms with van der Waals surface area (Å²) in [5.74, 6) is 0.790. The van der Waals surface area contributed by atoms with Crippen LogP contribution in [0.1, 0.15) is 19.8 Å². The van der Waals surface area contributed by atoms with E-state index < -0.39 is 0 Å². The van der Waals surface area contributed by atoms with E-state index in [1.165, 1.54) is 6.92 Å². The highest BCUT2D eigenvalue weighted by molar-refractivity contribution is 7.99. The molecule has 0 spiro atoms. The number of carbonyl (C=O) groups excluding carboxylic acids is 1. The predicted molar refractivity (Wildman–Crippen MR) is 85.4 cm³/mol. The van der Waals surface area contributed by atoms with Gasteiger partial charge in [-0.05, 0) is 31.0 Å². The molecule has 1 N–H and O–H groups in total. The number of rotatable bonds is 5. The van der Waals surface area contributed by atoms with Gasteiger partial charge in [0.05, 0.1) is 11.8 Å². The molecular formula is C15H18N4O2S. The molecule has 1 aromatic carbocycles. The average molecular weight is 318 g/mol. The monoisotopic (exact) mass is 318 g/mol. The Balaban J connectivity index is 1.74. The lowest BCUT2D eigenvalue weighted by molar-refractivity contribution is -0.114. The van der Waals surface area contributed by atoms with Crippen LogP contribution < -0.4 is 5.32 Å². The average Bonchev–Trinajstić information content (AvgIpc) is 3.16. The standard InChI is InChI=1S/C15H18N4O2S/c1-11(20)17-12-4-2-5-13(8-12)19-10-16-18-15(19)22-9-14-6-3-7-21-14/h2,4-5,8,10,14H,3,6-7,9H2,1H3,(H,17,20). The number of aromatic nitrogens is 3. The molecule has 0 radical (unpaired) electrons. The zero-order valence-corrected chi connectivity index (χ0v) is 13.2. The molecule has 1 aromatic heterocycles. The van der Waals surface area contributed by atoms with Gasteiger partial charge in [-0.15, -0.1) is 10.2 Å². The summed E-state index contributed by atoms with van der Waals surface area (Å²) in [6.07, 6.45) is 4.24. The summed E-state index contributed by atoms with van der Waals surface area (Å²) in [4.78, 5) is 11.2. The molecule has 1 aliphatic heterocycles. The number of carbonyl (C=O) groups is 1. The predicted octanol–water partition coefficient (Wildman–Crippen LogP) is 2.50. The van der Waals surface area contributed by atoms with E-state index in [0.29, 0.717) is 6.10 Å². The number of hydrogen-bond donors (Lipinski definition) is 1. The van der Waals surface area contributed by atoms with Crippen molar-refractivity contribution in [2.45, 2.75) is 31.0 Å². The molecule has 0 saturated carbocycles. The van der Waals surface area contributed by atoms with Gasteiger partial charge in [-0.25, -0.2) is 0 Å². The number of benzene rings is 1. The van der Waals surface area contributed by atoms with E-state index in [-0.39, 0.29) is 5.91 Å². The smallest absolute Gasteiger partial charge is 0.221 e. The third-order valence-corrected chi connectivity index (χ3v) is 4.46. The fourth-order valence-corrected chi connectivity index (χ4v) is 3.37. The van der Waals surface area contributed by atoms with Crippen molar-refractivity contribution < 1.29 is 9.53 Å². The molecule has 2 aromatic rings. The summed E-state index contributed by atoms with van der Waals surface area (Å²) < 4.78 is 7.56. The highest BCUT2D eigenvalue weighted by atomic mass is 32.2. The van der Waals surface area contributed by atoms with Gasteiger partial charge < -0.3 is 10.1 Å². The van der Waals surface area contributed by atoms with Crippen molar-refractivity contribution in [3.8, 4) is 5.69 Å². The number of anilines is 1. The van der Waals surface area contributed by atoms with Crippen LogP contribution >= 0.6 is 11.8 Å². The zero-order chi connectivity index (χ0) is 15.4. The molecule has 1 fully saturated rings. The maximum atomic E-state index is 11.2. The summed E-state index contributed by atoms with van der Waals surface area (Å²) >= 11 is 1.64. The van der Waals surface area contributed by atoms with Crippen molar-refractivity contribution >= 4 is 23.4 Å².